The number of β-lactam (4-membered cyclic amide) rings is 1. The molecule has 2 amide bonds. The number of esters is 1. The fourth-order valence-electron chi connectivity index (χ4n) is 2.85. The smallest absolute Gasteiger partial charge is 0.353 e. The molecule has 1 fully saturated rings. The number of carboxylic acids is 1. The maximum Gasteiger partial charge on any atom is 0.353 e. The van der Waals surface area contributed by atoms with Gasteiger partial charge in [-0.25, -0.2) is 9.59 Å². The number of carboxylic acid groups (broad SMARTS) is 1. The van der Waals surface area contributed by atoms with Gasteiger partial charge in [0.15, 0.2) is 0 Å². The van der Waals surface area contributed by atoms with Crippen molar-refractivity contribution in [2.24, 2.45) is 0 Å². The Hall–Kier alpha value is -2.53. The van der Waals surface area contributed by atoms with Crippen LogP contribution in [0.1, 0.15) is 4.88 Å². The van der Waals surface area contributed by atoms with Gasteiger partial charge < -0.3 is 15.2 Å². The lowest BCUT2D eigenvalue weighted by Crippen LogP contribution is -2.73. The van der Waals surface area contributed by atoms with Crippen LogP contribution in [-0.4, -0.2) is 62.2 Å². The summed E-state index contributed by atoms with van der Waals surface area (Å²) >= 11 is 1.39. The molecule has 1 aromatic rings. The lowest BCUT2D eigenvalue weighted by molar-refractivity contribution is -0.151. The zero-order chi connectivity index (χ0) is 19.0. The Morgan fingerprint density at radius 2 is 2.19 bits per heavy atom. The summed E-state index contributed by atoms with van der Waals surface area (Å²) in [5.74, 6) is -3.96. The van der Waals surface area contributed by atoms with Crippen molar-refractivity contribution in [1.29, 1.82) is 0 Å². The Morgan fingerprint density at radius 3 is 2.77 bits per heavy atom. The Labute approximate surface area is 154 Å². The van der Waals surface area contributed by atoms with Gasteiger partial charge in [0.25, 0.3) is 5.91 Å². The summed E-state index contributed by atoms with van der Waals surface area (Å²) in [7, 11) is -0.688. The van der Waals surface area contributed by atoms with Crippen LogP contribution in [0, 0.1) is 0 Å². The quantitative estimate of drug-likeness (QED) is 0.491. The SMILES string of the molecule is COC(=O)C1=C(C(=O)O)N2C(=O)C(NC(=O)Cc3cccs3)[C@H]2S(=O)C1. The summed E-state index contributed by atoms with van der Waals surface area (Å²) in [6, 6.07) is 2.47. The molecule has 3 heterocycles. The molecule has 2 aliphatic heterocycles. The first kappa shape index (κ1) is 18.3. The molecule has 11 heteroatoms. The molecule has 0 aliphatic carbocycles. The van der Waals surface area contributed by atoms with Gasteiger partial charge in [-0.15, -0.1) is 11.3 Å². The number of aliphatic carboxylic acids is 1. The van der Waals surface area contributed by atoms with Crippen molar-refractivity contribution in [3.8, 4) is 0 Å². The zero-order valence-electron chi connectivity index (χ0n) is 13.5. The first-order valence-corrected chi connectivity index (χ1v) is 9.68. The van der Waals surface area contributed by atoms with E-state index in [2.05, 4.69) is 10.1 Å². The van der Waals surface area contributed by atoms with Gasteiger partial charge in [0.2, 0.25) is 5.91 Å². The van der Waals surface area contributed by atoms with Crippen molar-refractivity contribution in [3.05, 3.63) is 33.7 Å². The van der Waals surface area contributed by atoms with Crippen molar-refractivity contribution in [1.82, 2.24) is 10.2 Å². The molecule has 3 rings (SSSR count). The third-order valence-corrected chi connectivity index (χ3v) is 6.46. The van der Waals surface area contributed by atoms with E-state index in [0.29, 0.717) is 0 Å². The highest BCUT2D eigenvalue weighted by Crippen LogP contribution is 2.35. The van der Waals surface area contributed by atoms with Crippen molar-refractivity contribution in [2.45, 2.75) is 17.8 Å². The lowest BCUT2D eigenvalue weighted by atomic mass is 10.0. The molecule has 9 nitrogen and oxygen atoms in total. The average Bonchev–Trinajstić information content (AvgIpc) is 3.10. The second-order valence-electron chi connectivity index (χ2n) is 5.55. The van der Waals surface area contributed by atoms with Gasteiger partial charge in [-0.2, -0.15) is 0 Å². The number of carbonyl (C=O) groups excluding carboxylic acids is 3. The number of methoxy groups -OCH3 is 1. The molecule has 0 bridgehead atoms. The van der Waals surface area contributed by atoms with Gasteiger partial charge >= 0.3 is 11.9 Å². The number of rotatable bonds is 5. The Morgan fingerprint density at radius 1 is 1.46 bits per heavy atom. The number of ether oxygens (including phenoxy) is 1. The zero-order valence-corrected chi connectivity index (χ0v) is 15.1. The van der Waals surface area contributed by atoms with Crippen molar-refractivity contribution < 1.29 is 33.2 Å². The second-order valence-corrected chi connectivity index (χ2v) is 8.11. The maximum atomic E-state index is 12.4. The van der Waals surface area contributed by atoms with Gasteiger partial charge in [0, 0.05) is 4.88 Å². The van der Waals surface area contributed by atoms with E-state index in [4.69, 9.17) is 0 Å². The van der Waals surface area contributed by atoms with Gasteiger partial charge in [-0.05, 0) is 11.4 Å². The highest BCUT2D eigenvalue weighted by molar-refractivity contribution is 7.86. The Balaban J connectivity index is 1.81. The standard InChI is InChI=1S/C15H14N2O7S2/c1-24-15(22)8-6-26(23)13-10(12(19)17(13)11(8)14(20)21)16-9(18)5-7-3-2-4-25-7/h2-4,10,13H,5-6H2,1H3,(H,16,18)(H,20,21)/t10?,13-,26?/m1/s1. The molecule has 2 aliphatic rings. The van der Waals surface area contributed by atoms with E-state index in [1.165, 1.54) is 11.3 Å². The molecule has 3 atom stereocenters. The highest BCUT2D eigenvalue weighted by Gasteiger charge is 2.58. The maximum absolute atomic E-state index is 12.4. The van der Waals surface area contributed by atoms with Crippen LogP contribution in [0.5, 0.6) is 0 Å². The number of nitrogens with one attached hydrogen (secondary N) is 1. The van der Waals surface area contributed by atoms with Gasteiger partial charge in [0.1, 0.15) is 17.1 Å². The lowest BCUT2D eigenvalue weighted by Gasteiger charge is -2.48. The predicted octanol–water partition coefficient (Wildman–Crippen LogP) is -0.782. The van der Waals surface area contributed by atoms with Gasteiger partial charge in [-0.1, -0.05) is 6.07 Å². The van der Waals surface area contributed by atoms with Gasteiger partial charge in [-0.3, -0.25) is 18.7 Å². The molecule has 26 heavy (non-hydrogen) atoms. The van der Waals surface area contributed by atoms with E-state index in [-0.39, 0.29) is 17.7 Å². The minimum absolute atomic E-state index is 0.0653. The van der Waals surface area contributed by atoms with Crippen LogP contribution in [0.15, 0.2) is 28.8 Å². The summed E-state index contributed by atoms with van der Waals surface area (Å²) in [6.45, 7) is 0. The minimum Gasteiger partial charge on any atom is -0.477 e. The average molecular weight is 398 g/mol. The molecule has 1 saturated heterocycles. The molecule has 0 spiro atoms. The van der Waals surface area contributed by atoms with Crippen LogP contribution in [0.4, 0.5) is 0 Å². The van der Waals surface area contributed by atoms with Crippen LogP contribution in [0.2, 0.25) is 0 Å². The topological polar surface area (TPSA) is 130 Å². The fraction of sp³-hybridized carbons (Fsp3) is 0.333. The number of fused-ring (bicyclic) bond motifs is 1. The molecule has 0 radical (unpaired) electrons. The molecule has 138 valence electrons. The predicted molar refractivity (Wildman–Crippen MR) is 90.3 cm³/mol. The largest absolute Gasteiger partial charge is 0.477 e. The number of amides is 2. The molecule has 1 aromatic heterocycles. The second kappa shape index (κ2) is 7.00. The van der Waals surface area contributed by atoms with E-state index >= 15 is 0 Å². The summed E-state index contributed by atoms with van der Waals surface area (Å²) < 4.78 is 17.0. The van der Waals surface area contributed by atoms with Gasteiger partial charge in [0.05, 0.1) is 35.7 Å². The molecular weight excluding hydrogens is 384 g/mol. The molecule has 0 saturated carbocycles. The monoisotopic (exact) mass is 398 g/mol. The molecular formula is C15H14N2O7S2. The number of nitrogens with zero attached hydrogens (tertiary/aromatic N) is 1. The summed E-state index contributed by atoms with van der Waals surface area (Å²) in [6.07, 6.45) is 0.0653. The molecule has 2 N–H and O–H groups in total. The highest BCUT2D eigenvalue weighted by atomic mass is 32.2. The van der Waals surface area contributed by atoms with E-state index < -0.39 is 51.7 Å². The number of hydrogen-bond acceptors (Lipinski definition) is 7. The summed E-state index contributed by atoms with van der Waals surface area (Å²) in [5, 5.41) is 12.7. The summed E-state index contributed by atoms with van der Waals surface area (Å²) in [4.78, 5) is 49.4. The number of hydrogen-bond donors (Lipinski definition) is 2. The Kier molecular flexibility index (Phi) is 4.92. The number of thiophene rings is 1. The van der Waals surface area contributed by atoms with Crippen LogP contribution in [-0.2, 0) is 41.1 Å². The molecule has 2 unspecified atom stereocenters. The van der Waals surface area contributed by atoms with E-state index in [0.717, 1.165) is 16.9 Å². The Bertz CT molecular complexity index is 846. The van der Waals surface area contributed by atoms with E-state index in [1.807, 2.05) is 5.38 Å². The first-order valence-electron chi connectivity index (χ1n) is 7.42. The van der Waals surface area contributed by atoms with E-state index in [1.54, 1.807) is 12.1 Å². The third kappa shape index (κ3) is 3.03. The van der Waals surface area contributed by atoms with E-state index in [9.17, 15) is 28.5 Å². The normalized spacial score (nSPS) is 24.6. The van der Waals surface area contributed by atoms with Crippen LogP contribution in [0.3, 0.4) is 0 Å². The molecule has 0 aromatic carbocycles. The number of carbonyl (C=O) groups is 4. The van der Waals surface area contributed by atoms with Crippen LogP contribution in [0.25, 0.3) is 0 Å². The van der Waals surface area contributed by atoms with Crippen molar-refractivity contribution >= 4 is 45.9 Å². The van der Waals surface area contributed by atoms with Crippen molar-refractivity contribution in [3.63, 3.8) is 0 Å². The van der Waals surface area contributed by atoms with Crippen LogP contribution >= 0.6 is 11.3 Å². The van der Waals surface area contributed by atoms with Crippen LogP contribution < -0.4 is 5.32 Å². The minimum atomic E-state index is -1.75. The first-order chi connectivity index (χ1) is 12.3. The van der Waals surface area contributed by atoms with Crippen molar-refractivity contribution in [2.75, 3.05) is 12.9 Å². The third-order valence-electron chi connectivity index (χ3n) is 3.99. The summed E-state index contributed by atoms with van der Waals surface area (Å²) in [5.41, 5.74) is -0.874. The fourth-order valence-corrected chi connectivity index (χ4v) is 5.20.